The molecule has 3 aromatic rings. The van der Waals surface area contributed by atoms with Crippen LogP contribution in [0.2, 0.25) is 0 Å². The molecule has 0 radical (unpaired) electrons. The lowest BCUT2D eigenvalue weighted by molar-refractivity contribution is 0.157. The van der Waals surface area contributed by atoms with Crippen LogP contribution >= 0.6 is 0 Å². The first-order valence-electron chi connectivity index (χ1n) is 12.0. The summed E-state index contributed by atoms with van der Waals surface area (Å²) in [7, 11) is -4.02. The molecule has 6 nitrogen and oxygen atoms in total. The average molecular weight is 504 g/mol. The minimum Gasteiger partial charge on any atom is -0.486 e. The highest BCUT2D eigenvalue weighted by Crippen LogP contribution is 2.42. The molecular formula is C29H29NO5S. The molecule has 2 aromatic carbocycles. The summed E-state index contributed by atoms with van der Waals surface area (Å²) in [4.78, 5) is 4.67. The van der Waals surface area contributed by atoms with Crippen LogP contribution in [0.25, 0.3) is 17.7 Å². The maximum atomic E-state index is 13.1. The number of hydrogen-bond donors (Lipinski definition) is 0. The second-order valence-electron chi connectivity index (χ2n) is 9.68. The van der Waals surface area contributed by atoms with Crippen molar-refractivity contribution in [3.8, 4) is 17.2 Å². The fourth-order valence-electron chi connectivity index (χ4n) is 4.33. The van der Waals surface area contributed by atoms with E-state index in [2.05, 4.69) is 11.9 Å². The summed E-state index contributed by atoms with van der Waals surface area (Å²) in [6, 6.07) is 12.3. The Morgan fingerprint density at radius 3 is 2.64 bits per heavy atom. The first kappa shape index (κ1) is 24.1. The van der Waals surface area contributed by atoms with Gasteiger partial charge in [-0.3, -0.25) is 0 Å². The maximum absolute atomic E-state index is 13.1. The van der Waals surface area contributed by atoms with Crippen molar-refractivity contribution in [2.45, 2.75) is 51.0 Å². The quantitative estimate of drug-likeness (QED) is 0.371. The molecule has 0 fully saturated rings. The molecule has 7 heteroatoms. The first-order valence-corrected chi connectivity index (χ1v) is 13.4. The molecule has 2 aliphatic heterocycles. The zero-order chi connectivity index (χ0) is 25.5. The van der Waals surface area contributed by atoms with E-state index in [-0.39, 0.29) is 17.3 Å². The van der Waals surface area contributed by atoms with Crippen molar-refractivity contribution in [1.82, 2.24) is 4.98 Å². The lowest BCUT2D eigenvalue weighted by Gasteiger charge is -2.30. The minimum atomic E-state index is -4.02. The molecule has 0 aliphatic carbocycles. The highest BCUT2D eigenvalue weighted by molar-refractivity contribution is 7.87. The van der Waals surface area contributed by atoms with Crippen molar-refractivity contribution in [2.75, 3.05) is 6.61 Å². The normalized spacial score (nSPS) is 15.7. The Balaban J connectivity index is 1.54. The van der Waals surface area contributed by atoms with Gasteiger partial charge in [0.1, 0.15) is 28.5 Å². The number of fused-ring (bicyclic) bond motifs is 3. The Morgan fingerprint density at radius 2 is 1.89 bits per heavy atom. The van der Waals surface area contributed by atoms with Gasteiger partial charge in [-0.25, -0.2) is 4.98 Å². The second-order valence-corrected chi connectivity index (χ2v) is 11.2. The van der Waals surface area contributed by atoms with Crippen LogP contribution in [0, 0.1) is 6.92 Å². The molecule has 0 amide bonds. The largest absolute Gasteiger partial charge is 0.486 e. The number of pyridine rings is 1. The first-order chi connectivity index (χ1) is 17.1. The van der Waals surface area contributed by atoms with Crippen LogP contribution in [0.4, 0.5) is 0 Å². The number of aryl methyl sites for hydroxylation is 2. The molecule has 3 heterocycles. The van der Waals surface area contributed by atoms with Gasteiger partial charge in [0.25, 0.3) is 0 Å². The molecule has 0 atom stereocenters. The summed E-state index contributed by atoms with van der Waals surface area (Å²) in [5, 5.41) is 0. The molecule has 36 heavy (non-hydrogen) atoms. The topological polar surface area (TPSA) is 74.7 Å². The number of rotatable bonds is 6. The summed E-state index contributed by atoms with van der Waals surface area (Å²) < 4.78 is 44.1. The van der Waals surface area contributed by atoms with Gasteiger partial charge in [0.2, 0.25) is 0 Å². The molecule has 0 bridgehead atoms. The SMILES string of the molecule is CCCc1ccc(C2=Cc3ncc4c(c3OC2)C=CC(C)(C)O4)c(OS(=O)(=O)c2ccc(C)cc2)c1. The molecule has 0 saturated carbocycles. The van der Waals surface area contributed by atoms with Gasteiger partial charge in [-0.15, -0.1) is 0 Å². The summed E-state index contributed by atoms with van der Waals surface area (Å²) in [6.07, 6.45) is 9.37. The number of nitrogens with zero attached hydrogens (tertiary/aromatic N) is 1. The van der Waals surface area contributed by atoms with Gasteiger partial charge in [-0.2, -0.15) is 8.42 Å². The van der Waals surface area contributed by atoms with E-state index in [1.807, 2.05) is 51.1 Å². The highest BCUT2D eigenvalue weighted by Gasteiger charge is 2.28. The van der Waals surface area contributed by atoms with E-state index in [1.165, 1.54) is 0 Å². The van der Waals surface area contributed by atoms with Gasteiger partial charge >= 0.3 is 10.1 Å². The Morgan fingerprint density at radius 1 is 1.11 bits per heavy atom. The Labute approximate surface area is 212 Å². The van der Waals surface area contributed by atoms with Crippen molar-refractivity contribution in [2.24, 2.45) is 0 Å². The molecule has 186 valence electrons. The zero-order valence-electron chi connectivity index (χ0n) is 20.9. The number of benzene rings is 2. The van der Waals surface area contributed by atoms with Crippen LogP contribution in [0.3, 0.4) is 0 Å². The van der Waals surface area contributed by atoms with Gasteiger partial charge in [-0.05, 0) is 69.2 Å². The van der Waals surface area contributed by atoms with E-state index in [9.17, 15) is 8.42 Å². The van der Waals surface area contributed by atoms with Gasteiger partial charge in [0.15, 0.2) is 11.5 Å². The van der Waals surface area contributed by atoms with Gasteiger partial charge in [0.05, 0.1) is 11.8 Å². The van der Waals surface area contributed by atoms with Crippen LogP contribution in [0.5, 0.6) is 17.2 Å². The fraction of sp³-hybridized carbons (Fsp3) is 0.276. The fourth-order valence-corrected chi connectivity index (χ4v) is 5.27. The highest BCUT2D eigenvalue weighted by atomic mass is 32.2. The molecule has 0 N–H and O–H groups in total. The third kappa shape index (κ3) is 4.75. The molecule has 5 rings (SSSR count). The van der Waals surface area contributed by atoms with E-state index in [0.717, 1.165) is 35.1 Å². The lowest BCUT2D eigenvalue weighted by Crippen LogP contribution is -2.28. The minimum absolute atomic E-state index is 0.113. The number of aromatic nitrogens is 1. The maximum Gasteiger partial charge on any atom is 0.339 e. The molecule has 1 aromatic heterocycles. The van der Waals surface area contributed by atoms with Crippen LogP contribution in [0.15, 0.2) is 59.6 Å². The molecular weight excluding hydrogens is 474 g/mol. The summed E-state index contributed by atoms with van der Waals surface area (Å²) in [6.45, 7) is 8.21. The van der Waals surface area contributed by atoms with Crippen LogP contribution < -0.4 is 13.7 Å². The van der Waals surface area contributed by atoms with Crippen LogP contribution in [-0.2, 0) is 16.5 Å². The lowest BCUT2D eigenvalue weighted by atomic mass is 9.97. The van der Waals surface area contributed by atoms with Crippen LogP contribution in [-0.4, -0.2) is 25.6 Å². The van der Waals surface area contributed by atoms with Gasteiger partial charge in [0, 0.05) is 11.1 Å². The standard InChI is InChI=1S/C29H29NO5S/c1-5-6-20-9-12-23(26(15-20)35-36(31,32)22-10-7-19(2)8-11-22)21-16-25-28(33-18-21)24-13-14-29(3,4)34-27(24)17-30-25/h7-17H,5-6,18H2,1-4H3. The van der Waals surface area contributed by atoms with Crippen molar-refractivity contribution >= 4 is 27.8 Å². The van der Waals surface area contributed by atoms with Crippen molar-refractivity contribution in [3.05, 3.63) is 82.7 Å². The number of ether oxygens (including phenoxy) is 2. The van der Waals surface area contributed by atoms with Gasteiger partial charge in [-0.1, -0.05) is 43.2 Å². The van der Waals surface area contributed by atoms with E-state index in [4.69, 9.17) is 13.7 Å². The molecule has 2 aliphatic rings. The smallest absolute Gasteiger partial charge is 0.339 e. The Hall–Kier alpha value is -3.58. The monoisotopic (exact) mass is 503 g/mol. The van der Waals surface area contributed by atoms with Gasteiger partial charge < -0.3 is 13.7 Å². The predicted octanol–water partition coefficient (Wildman–Crippen LogP) is 6.23. The van der Waals surface area contributed by atoms with Crippen molar-refractivity contribution in [1.29, 1.82) is 0 Å². The number of hydrogen-bond acceptors (Lipinski definition) is 6. The van der Waals surface area contributed by atoms with Crippen LogP contribution in [0.1, 0.15) is 55.1 Å². The summed E-state index contributed by atoms with van der Waals surface area (Å²) >= 11 is 0. The third-order valence-electron chi connectivity index (χ3n) is 6.21. The Bertz CT molecular complexity index is 1480. The molecule has 0 saturated heterocycles. The van der Waals surface area contributed by atoms with E-state index >= 15 is 0 Å². The Kier molecular flexibility index (Phi) is 6.12. The summed E-state index contributed by atoms with van der Waals surface area (Å²) in [5.41, 5.74) is 4.52. The van der Waals surface area contributed by atoms with Crippen molar-refractivity contribution in [3.63, 3.8) is 0 Å². The second kappa shape index (κ2) is 9.13. The summed E-state index contributed by atoms with van der Waals surface area (Å²) in [5.74, 6) is 1.61. The average Bonchev–Trinajstić information content (AvgIpc) is 2.83. The van der Waals surface area contributed by atoms with Crippen molar-refractivity contribution < 1.29 is 22.1 Å². The molecule has 0 spiro atoms. The molecule has 0 unspecified atom stereocenters. The van der Waals surface area contributed by atoms with E-state index < -0.39 is 15.7 Å². The zero-order valence-corrected chi connectivity index (χ0v) is 21.7. The third-order valence-corrected chi connectivity index (χ3v) is 7.46. The van der Waals surface area contributed by atoms with E-state index in [0.29, 0.717) is 22.8 Å². The van der Waals surface area contributed by atoms with E-state index in [1.54, 1.807) is 36.5 Å². The predicted molar refractivity (Wildman–Crippen MR) is 141 cm³/mol.